The van der Waals surface area contributed by atoms with Crippen LogP contribution in [0.5, 0.6) is 0 Å². The largest absolute Gasteiger partial charge is 0.317 e. The van der Waals surface area contributed by atoms with Crippen LogP contribution >= 0.6 is 28.3 Å². The summed E-state index contributed by atoms with van der Waals surface area (Å²) in [7, 11) is 1.73. The zero-order valence-electron chi connectivity index (χ0n) is 13.1. The minimum atomic E-state index is -0.466. The fourth-order valence-electron chi connectivity index (χ4n) is 2.61. The summed E-state index contributed by atoms with van der Waals surface area (Å²) in [5.41, 5.74) is 0.219. The van der Waals surface area contributed by atoms with Gasteiger partial charge in [0.1, 0.15) is 5.82 Å². The molecule has 0 radical (unpaired) electrons. The topological polar surface area (TPSA) is 71.8 Å². The number of halogens is 3. The predicted octanol–water partition coefficient (Wildman–Crippen LogP) is 2.86. The molecular weight excluding hydrogens is 401 g/mol. The molecule has 24 heavy (non-hydrogen) atoms. The Morgan fingerprint density at radius 1 is 1.42 bits per heavy atom. The van der Waals surface area contributed by atoms with Crippen molar-refractivity contribution in [2.75, 3.05) is 18.4 Å². The third-order valence-corrected chi connectivity index (χ3v) is 4.57. The zero-order valence-corrected chi connectivity index (χ0v) is 15.5. The first-order valence-electron chi connectivity index (χ1n) is 7.42. The Kier molecular flexibility index (Phi) is 6.31. The highest BCUT2D eigenvalue weighted by Gasteiger charge is 2.22. The summed E-state index contributed by atoms with van der Waals surface area (Å²) in [6.07, 6.45) is 1.96. The zero-order chi connectivity index (χ0) is 16.4. The molecule has 0 spiro atoms. The van der Waals surface area contributed by atoms with Gasteiger partial charge in [-0.2, -0.15) is 10.1 Å². The van der Waals surface area contributed by atoms with Crippen LogP contribution in [0.3, 0.4) is 0 Å². The predicted molar refractivity (Wildman–Crippen MR) is 95.1 cm³/mol. The molecule has 1 aromatic carbocycles. The molecule has 0 atom stereocenters. The first-order valence-corrected chi connectivity index (χ1v) is 8.22. The maximum absolute atomic E-state index is 13.3. The smallest absolute Gasteiger partial charge is 0.259 e. The Morgan fingerprint density at radius 3 is 2.83 bits per heavy atom. The van der Waals surface area contributed by atoms with Gasteiger partial charge in [0.25, 0.3) is 5.91 Å². The maximum Gasteiger partial charge on any atom is 0.259 e. The van der Waals surface area contributed by atoms with E-state index in [0.717, 1.165) is 31.8 Å². The van der Waals surface area contributed by atoms with Crippen LogP contribution in [0.15, 0.2) is 22.7 Å². The Balaban J connectivity index is 0.00000208. The van der Waals surface area contributed by atoms with Crippen LogP contribution in [0.25, 0.3) is 0 Å². The molecule has 1 aliphatic rings. The van der Waals surface area contributed by atoms with Crippen LogP contribution in [0.1, 0.15) is 34.9 Å². The molecule has 0 saturated carbocycles. The van der Waals surface area contributed by atoms with Crippen molar-refractivity contribution >= 4 is 40.2 Å². The van der Waals surface area contributed by atoms with Gasteiger partial charge < -0.3 is 5.32 Å². The molecule has 3 rings (SSSR count). The van der Waals surface area contributed by atoms with Crippen LogP contribution in [0.2, 0.25) is 0 Å². The molecule has 1 aromatic heterocycles. The summed E-state index contributed by atoms with van der Waals surface area (Å²) < 4.78 is 15.4. The van der Waals surface area contributed by atoms with E-state index in [1.54, 1.807) is 11.7 Å². The van der Waals surface area contributed by atoms with Crippen LogP contribution in [-0.2, 0) is 7.05 Å². The normalized spacial score (nSPS) is 15.0. The molecule has 2 heterocycles. The van der Waals surface area contributed by atoms with Crippen LogP contribution in [0, 0.1) is 5.82 Å². The second-order valence-corrected chi connectivity index (χ2v) is 6.37. The number of nitrogens with zero attached hydrogens (tertiary/aromatic N) is 3. The van der Waals surface area contributed by atoms with Gasteiger partial charge in [-0.05, 0) is 60.1 Å². The van der Waals surface area contributed by atoms with Crippen molar-refractivity contribution in [1.82, 2.24) is 20.1 Å². The number of rotatable bonds is 3. The standard InChI is InChI=1S/C15H17BrFN5O.ClH/c1-22-15(19-13(21-22)9-4-6-18-7-5-9)20-14(23)11-8-10(17)2-3-12(11)16;/h2-3,8-9,18H,4-7H2,1H3,(H,19,20,21,23);1H. The van der Waals surface area contributed by atoms with Crippen molar-refractivity contribution in [3.8, 4) is 0 Å². The number of carbonyl (C=O) groups is 1. The average molecular weight is 419 g/mol. The number of anilines is 1. The second kappa shape index (κ2) is 8.04. The Labute approximate surface area is 153 Å². The first-order chi connectivity index (χ1) is 11.0. The SMILES string of the molecule is Cl.Cn1nc(C2CCNCC2)nc1NC(=O)c1cc(F)ccc1Br. The first kappa shape index (κ1) is 18.8. The molecule has 130 valence electrons. The average Bonchev–Trinajstić information content (AvgIpc) is 2.91. The molecule has 9 heteroatoms. The lowest BCUT2D eigenvalue weighted by Gasteiger charge is -2.19. The van der Waals surface area contributed by atoms with Gasteiger partial charge in [0.15, 0.2) is 5.82 Å². The summed E-state index contributed by atoms with van der Waals surface area (Å²) in [5, 5.41) is 10.4. The van der Waals surface area contributed by atoms with Gasteiger partial charge in [-0.15, -0.1) is 12.4 Å². The molecule has 0 aliphatic carbocycles. The number of piperidine rings is 1. The van der Waals surface area contributed by atoms with Crippen molar-refractivity contribution < 1.29 is 9.18 Å². The van der Waals surface area contributed by atoms with Gasteiger partial charge in [0.05, 0.1) is 5.56 Å². The Morgan fingerprint density at radius 2 is 2.12 bits per heavy atom. The quantitative estimate of drug-likeness (QED) is 0.804. The van der Waals surface area contributed by atoms with E-state index in [0.29, 0.717) is 16.3 Å². The van der Waals surface area contributed by atoms with E-state index < -0.39 is 11.7 Å². The van der Waals surface area contributed by atoms with Gasteiger partial charge in [0, 0.05) is 17.4 Å². The monoisotopic (exact) mass is 417 g/mol. The lowest BCUT2D eigenvalue weighted by molar-refractivity contribution is 0.102. The van der Waals surface area contributed by atoms with Crippen molar-refractivity contribution in [3.05, 3.63) is 39.9 Å². The number of hydrogen-bond acceptors (Lipinski definition) is 4. The van der Waals surface area contributed by atoms with Gasteiger partial charge in [-0.25, -0.2) is 9.07 Å². The highest BCUT2D eigenvalue weighted by atomic mass is 79.9. The van der Waals surface area contributed by atoms with Gasteiger partial charge in [-0.1, -0.05) is 0 Å². The number of benzene rings is 1. The Hall–Kier alpha value is -1.51. The number of amides is 1. The van der Waals surface area contributed by atoms with Gasteiger partial charge >= 0.3 is 0 Å². The number of carbonyl (C=O) groups excluding carboxylic acids is 1. The number of nitrogens with one attached hydrogen (secondary N) is 2. The number of aromatic nitrogens is 3. The van der Waals surface area contributed by atoms with Gasteiger partial charge in [-0.3, -0.25) is 10.1 Å². The minimum absolute atomic E-state index is 0. The molecular formula is C15H18BrClFN5O. The highest BCUT2D eigenvalue weighted by Crippen LogP contribution is 2.24. The Bertz CT molecular complexity index is 733. The molecule has 2 N–H and O–H groups in total. The molecule has 1 fully saturated rings. The molecule has 0 bridgehead atoms. The molecule has 1 aliphatic heterocycles. The summed E-state index contributed by atoms with van der Waals surface area (Å²) in [6.45, 7) is 1.89. The summed E-state index contributed by atoms with van der Waals surface area (Å²) in [4.78, 5) is 16.8. The second-order valence-electron chi connectivity index (χ2n) is 5.52. The molecule has 1 amide bonds. The van der Waals surface area contributed by atoms with Gasteiger partial charge in [0.2, 0.25) is 5.95 Å². The van der Waals surface area contributed by atoms with Crippen molar-refractivity contribution in [2.24, 2.45) is 7.05 Å². The highest BCUT2D eigenvalue weighted by molar-refractivity contribution is 9.10. The van der Waals surface area contributed by atoms with Crippen LogP contribution < -0.4 is 10.6 Å². The molecule has 6 nitrogen and oxygen atoms in total. The third-order valence-electron chi connectivity index (χ3n) is 3.88. The fraction of sp³-hybridized carbons (Fsp3) is 0.400. The van der Waals surface area contributed by atoms with E-state index in [9.17, 15) is 9.18 Å². The molecule has 2 aromatic rings. The number of aryl methyl sites for hydroxylation is 1. The van der Waals surface area contributed by atoms with E-state index >= 15 is 0 Å². The van der Waals surface area contributed by atoms with E-state index in [-0.39, 0.29) is 18.0 Å². The van der Waals surface area contributed by atoms with Crippen LogP contribution in [0.4, 0.5) is 10.3 Å². The number of hydrogen-bond donors (Lipinski definition) is 2. The summed E-state index contributed by atoms with van der Waals surface area (Å²) in [6, 6.07) is 3.98. The maximum atomic E-state index is 13.3. The third kappa shape index (κ3) is 4.12. The molecule has 0 unspecified atom stereocenters. The van der Waals surface area contributed by atoms with E-state index in [1.165, 1.54) is 18.2 Å². The van der Waals surface area contributed by atoms with Crippen molar-refractivity contribution in [2.45, 2.75) is 18.8 Å². The molecule has 1 saturated heterocycles. The van der Waals surface area contributed by atoms with E-state index in [2.05, 4.69) is 36.6 Å². The summed E-state index contributed by atoms with van der Waals surface area (Å²) >= 11 is 3.25. The fourth-order valence-corrected chi connectivity index (χ4v) is 3.03. The summed E-state index contributed by atoms with van der Waals surface area (Å²) in [5.74, 6) is 0.506. The van der Waals surface area contributed by atoms with E-state index in [4.69, 9.17) is 0 Å². The van der Waals surface area contributed by atoms with Crippen molar-refractivity contribution in [1.29, 1.82) is 0 Å². The van der Waals surface area contributed by atoms with Crippen molar-refractivity contribution in [3.63, 3.8) is 0 Å². The lowest BCUT2D eigenvalue weighted by atomic mass is 9.98. The lowest BCUT2D eigenvalue weighted by Crippen LogP contribution is -2.27. The van der Waals surface area contributed by atoms with E-state index in [1.807, 2.05) is 0 Å². The van der Waals surface area contributed by atoms with Crippen LogP contribution in [-0.4, -0.2) is 33.8 Å². The minimum Gasteiger partial charge on any atom is -0.317 e.